The van der Waals surface area contributed by atoms with E-state index < -0.39 is 0 Å². The summed E-state index contributed by atoms with van der Waals surface area (Å²) >= 11 is 3.45. The summed E-state index contributed by atoms with van der Waals surface area (Å²) in [5.41, 5.74) is 1.29. The van der Waals surface area contributed by atoms with E-state index >= 15 is 0 Å². The zero-order valence-electron chi connectivity index (χ0n) is 6.52. The molecule has 56 valence electrons. The van der Waals surface area contributed by atoms with Crippen molar-refractivity contribution in [2.75, 3.05) is 0 Å². The molecule has 0 aliphatic carbocycles. The van der Waals surface area contributed by atoms with Crippen molar-refractivity contribution in [3.63, 3.8) is 0 Å². The van der Waals surface area contributed by atoms with Crippen LogP contribution in [0.3, 0.4) is 0 Å². The van der Waals surface area contributed by atoms with Gasteiger partial charge in [-0.15, -0.1) is 0 Å². The molecule has 0 aliphatic heterocycles. The van der Waals surface area contributed by atoms with Gasteiger partial charge < -0.3 is 0 Å². The summed E-state index contributed by atoms with van der Waals surface area (Å²) in [6.07, 6.45) is 6.91. The Morgan fingerprint density at radius 3 is 2.50 bits per heavy atom. The highest BCUT2D eigenvalue weighted by atomic mass is 79.9. The van der Waals surface area contributed by atoms with Gasteiger partial charge in [-0.25, -0.2) is 0 Å². The second-order valence-corrected chi connectivity index (χ2v) is 2.77. The van der Waals surface area contributed by atoms with Crippen LogP contribution in [0.1, 0.15) is 20.3 Å². The molecular weight excluding hydrogens is 188 g/mol. The molecule has 0 radical (unpaired) electrons. The molecule has 0 atom stereocenters. The molecule has 0 aromatic heterocycles. The van der Waals surface area contributed by atoms with Crippen LogP contribution in [0.2, 0.25) is 0 Å². The van der Waals surface area contributed by atoms with Gasteiger partial charge in [-0.3, -0.25) is 0 Å². The van der Waals surface area contributed by atoms with Crippen LogP contribution in [0.5, 0.6) is 0 Å². The standard InChI is InChI=1S/C9H13Br/c1-4-7-8(5-2)9(10)6-3/h4,6-7H,1,5H2,2-3H3/b8-7-,9-6+. The van der Waals surface area contributed by atoms with Gasteiger partial charge in [0.1, 0.15) is 0 Å². The second-order valence-electron chi connectivity index (χ2n) is 1.92. The van der Waals surface area contributed by atoms with Crippen LogP contribution in [0.25, 0.3) is 0 Å². The van der Waals surface area contributed by atoms with Crippen LogP contribution in [0, 0.1) is 0 Å². The van der Waals surface area contributed by atoms with Crippen molar-refractivity contribution in [3.05, 3.63) is 34.9 Å². The molecule has 0 aromatic rings. The second kappa shape index (κ2) is 5.48. The number of hydrogen-bond donors (Lipinski definition) is 0. The van der Waals surface area contributed by atoms with E-state index in [1.807, 2.05) is 25.2 Å². The van der Waals surface area contributed by atoms with Crippen LogP contribution in [0.15, 0.2) is 34.9 Å². The molecule has 10 heavy (non-hydrogen) atoms. The van der Waals surface area contributed by atoms with Crippen LogP contribution >= 0.6 is 15.9 Å². The fraction of sp³-hybridized carbons (Fsp3) is 0.333. The third-order valence-electron chi connectivity index (χ3n) is 1.26. The molecule has 0 bridgehead atoms. The molecule has 0 nitrogen and oxygen atoms in total. The maximum Gasteiger partial charge on any atom is 0.0164 e. The Hall–Kier alpha value is -0.300. The van der Waals surface area contributed by atoms with Crippen LogP contribution in [0.4, 0.5) is 0 Å². The van der Waals surface area contributed by atoms with Gasteiger partial charge in [0, 0.05) is 4.48 Å². The lowest BCUT2D eigenvalue weighted by molar-refractivity contribution is 1.14. The average Bonchev–Trinajstić information content (AvgIpc) is 1.99. The van der Waals surface area contributed by atoms with E-state index in [1.54, 1.807) is 0 Å². The van der Waals surface area contributed by atoms with E-state index in [1.165, 1.54) is 5.57 Å². The third-order valence-corrected chi connectivity index (χ3v) is 2.23. The van der Waals surface area contributed by atoms with E-state index in [0.29, 0.717) is 0 Å². The maximum absolute atomic E-state index is 3.64. The predicted molar refractivity (Wildman–Crippen MR) is 51.3 cm³/mol. The van der Waals surface area contributed by atoms with Gasteiger partial charge in [0.05, 0.1) is 0 Å². The highest BCUT2D eigenvalue weighted by Crippen LogP contribution is 2.19. The molecule has 0 aromatic carbocycles. The number of hydrogen-bond acceptors (Lipinski definition) is 0. The first-order valence-corrected chi connectivity index (χ1v) is 4.19. The van der Waals surface area contributed by atoms with Crippen LogP contribution in [-0.4, -0.2) is 0 Å². The summed E-state index contributed by atoms with van der Waals surface area (Å²) in [6.45, 7) is 7.78. The van der Waals surface area contributed by atoms with E-state index in [2.05, 4.69) is 29.4 Å². The largest absolute Gasteiger partial charge is 0.0991 e. The lowest BCUT2D eigenvalue weighted by Gasteiger charge is -1.99. The molecule has 0 spiro atoms. The maximum atomic E-state index is 3.64. The lowest BCUT2D eigenvalue weighted by Crippen LogP contribution is -1.77. The molecule has 0 unspecified atom stereocenters. The van der Waals surface area contributed by atoms with E-state index in [9.17, 15) is 0 Å². The lowest BCUT2D eigenvalue weighted by atomic mass is 10.2. The van der Waals surface area contributed by atoms with Gasteiger partial charge in [-0.2, -0.15) is 0 Å². The average molecular weight is 201 g/mol. The van der Waals surface area contributed by atoms with Crippen LogP contribution in [-0.2, 0) is 0 Å². The van der Waals surface area contributed by atoms with Gasteiger partial charge in [0.25, 0.3) is 0 Å². The fourth-order valence-electron chi connectivity index (χ4n) is 0.694. The van der Waals surface area contributed by atoms with E-state index in [0.717, 1.165) is 10.9 Å². The Labute approximate surface area is 71.5 Å². The molecule has 0 saturated heterocycles. The van der Waals surface area contributed by atoms with E-state index in [-0.39, 0.29) is 0 Å². The summed E-state index contributed by atoms with van der Waals surface area (Å²) in [5, 5.41) is 0. The first kappa shape index (κ1) is 9.70. The minimum atomic E-state index is 1.04. The van der Waals surface area contributed by atoms with Crippen molar-refractivity contribution in [3.8, 4) is 0 Å². The fourth-order valence-corrected chi connectivity index (χ4v) is 1.11. The molecule has 0 saturated carbocycles. The van der Waals surface area contributed by atoms with Crippen molar-refractivity contribution in [2.45, 2.75) is 20.3 Å². The quantitative estimate of drug-likeness (QED) is 0.609. The summed E-state index contributed by atoms with van der Waals surface area (Å²) in [5.74, 6) is 0. The molecule has 0 rings (SSSR count). The monoisotopic (exact) mass is 200 g/mol. The molecule has 0 heterocycles. The Balaban J connectivity index is 4.35. The number of rotatable bonds is 3. The summed E-state index contributed by atoms with van der Waals surface area (Å²) < 4.78 is 1.16. The zero-order chi connectivity index (χ0) is 7.98. The molecule has 0 aliphatic rings. The Morgan fingerprint density at radius 1 is 1.60 bits per heavy atom. The highest BCUT2D eigenvalue weighted by molar-refractivity contribution is 9.12. The minimum absolute atomic E-state index is 1.04. The number of halogens is 1. The summed E-state index contributed by atoms with van der Waals surface area (Å²) in [7, 11) is 0. The molecule has 0 amide bonds. The molecule has 0 N–H and O–H groups in total. The summed E-state index contributed by atoms with van der Waals surface area (Å²) in [6, 6.07) is 0. The summed E-state index contributed by atoms with van der Waals surface area (Å²) in [4.78, 5) is 0. The van der Waals surface area contributed by atoms with E-state index in [4.69, 9.17) is 0 Å². The van der Waals surface area contributed by atoms with Gasteiger partial charge in [0.15, 0.2) is 0 Å². The van der Waals surface area contributed by atoms with Crippen LogP contribution < -0.4 is 0 Å². The predicted octanol–water partition coefficient (Wildman–Crippen LogP) is 3.81. The number of allylic oxidation sites excluding steroid dienone is 5. The van der Waals surface area contributed by atoms with Gasteiger partial charge in [-0.05, 0) is 18.9 Å². The molecular formula is C9H13Br. The molecule has 1 heteroatoms. The van der Waals surface area contributed by atoms with Crippen molar-refractivity contribution in [1.29, 1.82) is 0 Å². The first-order chi connectivity index (χ1) is 4.76. The van der Waals surface area contributed by atoms with Gasteiger partial charge >= 0.3 is 0 Å². The SMILES string of the molecule is C=C/C=C(CC)\C(Br)=C/C. The van der Waals surface area contributed by atoms with Gasteiger partial charge in [0.2, 0.25) is 0 Å². The van der Waals surface area contributed by atoms with Crippen molar-refractivity contribution >= 4 is 15.9 Å². The molecule has 0 fully saturated rings. The van der Waals surface area contributed by atoms with Gasteiger partial charge in [-0.1, -0.05) is 47.7 Å². The van der Waals surface area contributed by atoms with Crippen molar-refractivity contribution in [2.24, 2.45) is 0 Å². The topological polar surface area (TPSA) is 0 Å². The normalized spacial score (nSPS) is 13.5. The Morgan fingerprint density at radius 2 is 2.20 bits per heavy atom. The Bertz CT molecular complexity index is 164. The third kappa shape index (κ3) is 3.02. The minimum Gasteiger partial charge on any atom is -0.0991 e. The smallest absolute Gasteiger partial charge is 0.0164 e. The van der Waals surface area contributed by atoms with Crippen molar-refractivity contribution < 1.29 is 0 Å². The highest BCUT2D eigenvalue weighted by Gasteiger charge is 1.94. The zero-order valence-corrected chi connectivity index (χ0v) is 8.11. The first-order valence-electron chi connectivity index (χ1n) is 3.40. The van der Waals surface area contributed by atoms with Crippen molar-refractivity contribution in [1.82, 2.24) is 0 Å². The Kier molecular flexibility index (Phi) is 5.32.